The highest BCUT2D eigenvalue weighted by molar-refractivity contribution is 7.07. The number of hydrogen-bond acceptors (Lipinski definition) is 4. The third kappa shape index (κ3) is 6.35. The molecule has 0 saturated carbocycles. The lowest BCUT2D eigenvalue weighted by atomic mass is 10.2. The molecule has 0 fully saturated rings. The second-order valence-corrected chi connectivity index (χ2v) is 5.42. The molecule has 0 saturated heterocycles. The van der Waals surface area contributed by atoms with Crippen LogP contribution in [0.1, 0.15) is 18.4 Å². The molecule has 106 valence electrons. The summed E-state index contributed by atoms with van der Waals surface area (Å²) in [6.07, 6.45) is -0.0478. The van der Waals surface area contributed by atoms with E-state index in [1.807, 2.05) is 35.8 Å². The third-order valence-electron chi connectivity index (χ3n) is 2.68. The molecule has 0 atom stereocenters. The van der Waals surface area contributed by atoms with E-state index in [1.165, 1.54) is 0 Å². The van der Waals surface area contributed by atoms with Crippen molar-refractivity contribution in [3.63, 3.8) is 0 Å². The van der Waals surface area contributed by atoms with Crippen LogP contribution in [-0.4, -0.2) is 54.0 Å². The van der Waals surface area contributed by atoms with Crippen molar-refractivity contribution in [2.24, 2.45) is 0 Å². The lowest BCUT2D eigenvalue weighted by Crippen LogP contribution is -2.36. The largest absolute Gasteiger partial charge is 0.481 e. The van der Waals surface area contributed by atoms with Crippen LogP contribution in [0.15, 0.2) is 16.8 Å². The van der Waals surface area contributed by atoms with Crippen LogP contribution >= 0.6 is 11.3 Å². The Labute approximate surface area is 117 Å². The second-order valence-electron chi connectivity index (χ2n) is 4.64. The summed E-state index contributed by atoms with van der Waals surface area (Å²) in [6, 6.07) is 1.98. The number of rotatable bonds is 8. The van der Waals surface area contributed by atoms with E-state index < -0.39 is 5.97 Å². The summed E-state index contributed by atoms with van der Waals surface area (Å²) < 4.78 is 0. The van der Waals surface area contributed by atoms with E-state index in [2.05, 4.69) is 0 Å². The average molecular weight is 284 g/mol. The Morgan fingerprint density at radius 3 is 2.53 bits per heavy atom. The van der Waals surface area contributed by atoms with Gasteiger partial charge in [0.15, 0.2) is 0 Å². The maximum Gasteiger partial charge on any atom is 0.303 e. The highest BCUT2D eigenvalue weighted by Gasteiger charge is 2.15. The average Bonchev–Trinajstić information content (AvgIpc) is 2.83. The monoisotopic (exact) mass is 284 g/mol. The molecule has 0 aliphatic rings. The van der Waals surface area contributed by atoms with Crippen LogP contribution in [0, 0.1) is 0 Å². The van der Waals surface area contributed by atoms with Crippen LogP contribution in [0.4, 0.5) is 0 Å². The normalized spacial score (nSPS) is 10.7. The molecular formula is C13H20N2O3S. The fourth-order valence-electron chi connectivity index (χ4n) is 1.59. The minimum atomic E-state index is -0.934. The molecule has 0 aliphatic carbocycles. The van der Waals surface area contributed by atoms with Gasteiger partial charge in [0.2, 0.25) is 5.91 Å². The number of carbonyl (C=O) groups excluding carboxylic acids is 1. The van der Waals surface area contributed by atoms with Gasteiger partial charge in [-0.25, -0.2) is 0 Å². The summed E-state index contributed by atoms with van der Waals surface area (Å²) >= 11 is 1.59. The Morgan fingerprint density at radius 2 is 2.00 bits per heavy atom. The zero-order chi connectivity index (χ0) is 14.3. The lowest BCUT2D eigenvalue weighted by molar-refractivity contribution is -0.141. The Hall–Kier alpha value is -1.40. The first-order valence-corrected chi connectivity index (χ1v) is 7.08. The van der Waals surface area contributed by atoms with Crippen LogP contribution in [0.3, 0.4) is 0 Å². The minimum absolute atomic E-state index is 0.0624. The van der Waals surface area contributed by atoms with Gasteiger partial charge in [0.05, 0.1) is 6.42 Å². The Kier molecular flexibility index (Phi) is 6.52. The number of thiophene rings is 1. The Morgan fingerprint density at radius 1 is 1.26 bits per heavy atom. The molecule has 6 heteroatoms. The fourth-order valence-corrected chi connectivity index (χ4v) is 2.25. The number of carboxylic acid groups (broad SMARTS) is 1. The van der Waals surface area contributed by atoms with Crippen molar-refractivity contribution in [2.45, 2.75) is 19.4 Å². The number of hydrogen-bond donors (Lipinski definition) is 1. The Balaban J connectivity index is 2.57. The van der Waals surface area contributed by atoms with E-state index >= 15 is 0 Å². The summed E-state index contributed by atoms with van der Waals surface area (Å²) in [5, 5.41) is 12.6. The smallest absolute Gasteiger partial charge is 0.303 e. The van der Waals surface area contributed by atoms with Gasteiger partial charge in [0, 0.05) is 26.1 Å². The summed E-state index contributed by atoms with van der Waals surface area (Å²) in [5.74, 6) is -1.04. The quantitative estimate of drug-likeness (QED) is 0.786. The standard InChI is InChI=1S/C13H20N2O3S/c1-14(2)6-7-15(9-11-5-8-19-10-11)12(16)3-4-13(17)18/h5,8,10H,3-4,6-7,9H2,1-2H3,(H,17,18). The molecule has 1 N–H and O–H groups in total. The van der Waals surface area contributed by atoms with Crippen molar-refractivity contribution in [1.82, 2.24) is 9.80 Å². The third-order valence-corrected chi connectivity index (χ3v) is 3.41. The van der Waals surface area contributed by atoms with E-state index in [9.17, 15) is 9.59 Å². The van der Waals surface area contributed by atoms with Gasteiger partial charge in [0.25, 0.3) is 0 Å². The SMILES string of the molecule is CN(C)CCN(Cc1ccsc1)C(=O)CCC(=O)O. The first-order valence-electron chi connectivity index (χ1n) is 6.14. The van der Waals surface area contributed by atoms with E-state index in [-0.39, 0.29) is 18.7 Å². The number of amides is 1. The number of carbonyl (C=O) groups is 2. The number of likely N-dealkylation sites (N-methyl/N-ethyl adjacent to an activating group) is 1. The number of nitrogens with zero attached hydrogens (tertiary/aromatic N) is 2. The topological polar surface area (TPSA) is 60.9 Å². The summed E-state index contributed by atoms with van der Waals surface area (Å²) in [5.41, 5.74) is 1.09. The highest BCUT2D eigenvalue weighted by atomic mass is 32.1. The molecule has 19 heavy (non-hydrogen) atoms. The van der Waals surface area contributed by atoms with Crippen molar-refractivity contribution in [3.8, 4) is 0 Å². The zero-order valence-corrected chi connectivity index (χ0v) is 12.2. The van der Waals surface area contributed by atoms with Gasteiger partial charge >= 0.3 is 5.97 Å². The van der Waals surface area contributed by atoms with Crippen molar-refractivity contribution in [1.29, 1.82) is 0 Å². The molecule has 1 rings (SSSR count). The Bertz CT molecular complexity index is 404. The molecule has 0 aromatic carbocycles. The van der Waals surface area contributed by atoms with Gasteiger partial charge in [-0.2, -0.15) is 11.3 Å². The molecule has 1 amide bonds. The highest BCUT2D eigenvalue weighted by Crippen LogP contribution is 2.11. The van der Waals surface area contributed by atoms with Gasteiger partial charge in [-0.15, -0.1) is 0 Å². The zero-order valence-electron chi connectivity index (χ0n) is 11.3. The summed E-state index contributed by atoms with van der Waals surface area (Å²) in [7, 11) is 3.90. The van der Waals surface area contributed by atoms with Gasteiger partial charge in [-0.1, -0.05) is 0 Å². The van der Waals surface area contributed by atoms with E-state index in [0.29, 0.717) is 13.1 Å². The fraction of sp³-hybridized carbons (Fsp3) is 0.538. The van der Waals surface area contributed by atoms with Crippen LogP contribution in [0.25, 0.3) is 0 Å². The molecular weight excluding hydrogens is 264 g/mol. The van der Waals surface area contributed by atoms with E-state index in [1.54, 1.807) is 16.2 Å². The first kappa shape index (κ1) is 15.7. The number of carboxylic acids is 1. The van der Waals surface area contributed by atoms with Crippen molar-refractivity contribution >= 4 is 23.2 Å². The van der Waals surface area contributed by atoms with Crippen LogP contribution < -0.4 is 0 Å². The molecule has 0 aliphatic heterocycles. The van der Waals surface area contributed by atoms with Crippen molar-refractivity contribution < 1.29 is 14.7 Å². The summed E-state index contributed by atoms with van der Waals surface area (Å²) in [4.78, 5) is 26.3. The molecule has 0 bridgehead atoms. The minimum Gasteiger partial charge on any atom is -0.481 e. The van der Waals surface area contributed by atoms with Gasteiger partial charge in [0.1, 0.15) is 0 Å². The van der Waals surface area contributed by atoms with Crippen molar-refractivity contribution in [2.75, 3.05) is 27.2 Å². The number of aliphatic carboxylic acids is 1. The van der Waals surface area contributed by atoms with Crippen LogP contribution in [0.2, 0.25) is 0 Å². The van der Waals surface area contributed by atoms with E-state index in [4.69, 9.17) is 5.11 Å². The second kappa shape index (κ2) is 7.91. The molecule has 1 aromatic heterocycles. The van der Waals surface area contributed by atoms with Gasteiger partial charge in [-0.05, 0) is 36.5 Å². The predicted octanol–water partition coefficient (Wildman–Crippen LogP) is 1.50. The lowest BCUT2D eigenvalue weighted by Gasteiger charge is -2.24. The maximum atomic E-state index is 12.0. The van der Waals surface area contributed by atoms with Gasteiger partial charge < -0.3 is 14.9 Å². The van der Waals surface area contributed by atoms with E-state index in [0.717, 1.165) is 12.1 Å². The van der Waals surface area contributed by atoms with Crippen LogP contribution in [-0.2, 0) is 16.1 Å². The maximum absolute atomic E-state index is 12.0. The van der Waals surface area contributed by atoms with Crippen LogP contribution in [0.5, 0.6) is 0 Å². The van der Waals surface area contributed by atoms with Gasteiger partial charge in [-0.3, -0.25) is 9.59 Å². The molecule has 0 unspecified atom stereocenters. The summed E-state index contributed by atoms with van der Waals surface area (Å²) in [6.45, 7) is 1.93. The molecule has 5 nitrogen and oxygen atoms in total. The first-order chi connectivity index (χ1) is 8.99. The molecule has 1 aromatic rings. The van der Waals surface area contributed by atoms with Crippen molar-refractivity contribution in [3.05, 3.63) is 22.4 Å². The molecule has 0 spiro atoms. The predicted molar refractivity (Wildman–Crippen MR) is 75.2 cm³/mol. The molecule has 0 radical (unpaired) electrons. The molecule has 1 heterocycles.